The van der Waals surface area contributed by atoms with Gasteiger partial charge in [-0.25, -0.2) is 4.98 Å². The van der Waals surface area contributed by atoms with Gasteiger partial charge in [-0.2, -0.15) is 5.26 Å². The number of aryl methyl sites for hydroxylation is 1. The van der Waals surface area contributed by atoms with E-state index in [-0.39, 0.29) is 18.1 Å². The number of hydrogen-bond acceptors (Lipinski definition) is 5. The molecule has 1 amide bonds. The Kier molecular flexibility index (Phi) is 4.95. The maximum Gasteiger partial charge on any atom is 0.237 e. The molecule has 3 heterocycles. The number of fused-ring (bicyclic) bond motifs is 1. The van der Waals surface area contributed by atoms with E-state index in [1.807, 2.05) is 31.2 Å². The quantitative estimate of drug-likeness (QED) is 0.834. The normalized spacial score (nSPS) is 22.9. The highest BCUT2D eigenvalue weighted by Gasteiger charge is 2.32. The number of amides is 1. The summed E-state index contributed by atoms with van der Waals surface area (Å²) in [7, 11) is 0. The molecule has 0 saturated carbocycles. The van der Waals surface area contributed by atoms with Gasteiger partial charge in [-0.1, -0.05) is 18.2 Å². The van der Waals surface area contributed by atoms with Crippen molar-refractivity contribution in [1.29, 1.82) is 5.26 Å². The number of hydrogen-bond donors (Lipinski definition) is 0. The van der Waals surface area contributed by atoms with E-state index < -0.39 is 0 Å². The number of likely N-dealkylation sites (tertiary alicyclic amines) is 2. The first kappa shape index (κ1) is 17.7. The fourth-order valence-corrected chi connectivity index (χ4v) is 4.01. The van der Waals surface area contributed by atoms with Crippen molar-refractivity contribution in [2.24, 2.45) is 0 Å². The van der Waals surface area contributed by atoms with Crippen LogP contribution in [-0.4, -0.2) is 59.0 Å². The highest BCUT2D eigenvalue weighted by atomic mass is 16.5. The molecular formula is C21H24N4O2. The molecule has 2 aliphatic rings. The zero-order valence-corrected chi connectivity index (χ0v) is 15.6. The van der Waals surface area contributed by atoms with Gasteiger partial charge in [-0.15, -0.1) is 0 Å². The van der Waals surface area contributed by atoms with Crippen molar-refractivity contribution >= 4 is 16.8 Å². The predicted octanol–water partition coefficient (Wildman–Crippen LogP) is 2.51. The number of aromatic nitrogens is 1. The molecule has 2 saturated heterocycles. The highest BCUT2D eigenvalue weighted by Crippen LogP contribution is 2.27. The monoisotopic (exact) mass is 364 g/mol. The standard InChI is InChI=1S/C21H24N4O2/c1-15-7-8-16-4-2-6-19(21(16)23-15)27-18-9-11-24(13-18)14-20(26)25-10-3-5-17(25)12-22/h2,4,6-8,17-18H,3,5,9-11,13-14H2,1H3/t17-,18-/m0/s1. The minimum Gasteiger partial charge on any atom is -0.487 e. The molecule has 4 rings (SSSR count). The van der Waals surface area contributed by atoms with Crippen molar-refractivity contribution in [2.75, 3.05) is 26.2 Å². The van der Waals surface area contributed by atoms with E-state index in [1.165, 1.54) is 0 Å². The van der Waals surface area contributed by atoms with Crippen LogP contribution in [0.4, 0.5) is 0 Å². The van der Waals surface area contributed by atoms with Gasteiger partial charge in [0.1, 0.15) is 23.4 Å². The third-order valence-electron chi connectivity index (χ3n) is 5.43. The highest BCUT2D eigenvalue weighted by molar-refractivity contribution is 5.84. The van der Waals surface area contributed by atoms with Crippen molar-refractivity contribution in [3.05, 3.63) is 36.0 Å². The lowest BCUT2D eigenvalue weighted by Gasteiger charge is -2.23. The number of ether oxygens (including phenoxy) is 1. The van der Waals surface area contributed by atoms with Crippen LogP contribution in [0.15, 0.2) is 30.3 Å². The lowest BCUT2D eigenvalue weighted by atomic mass is 10.2. The van der Waals surface area contributed by atoms with Crippen LogP contribution in [0.5, 0.6) is 5.75 Å². The maximum atomic E-state index is 12.5. The van der Waals surface area contributed by atoms with E-state index in [0.29, 0.717) is 13.1 Å². The molecule has 2 fully saturated rings. The summed E-state index contributed by atoms with van der Waals surface area (Å²) in [6.07, 6.45) is 2.65. The number of para-hydroxylation sites is 1. The Hall–Kier alpha value is -2.65. The second-order valence-corrected chi connectivity index (χ2v) is 7.42. The van der Waals surface area contributed by atoms with Crippen LogP contribution in [0.1, 0.15) is 25.0 Å². The van der Waals surface area contributed by atoms with Gasteiger partial charge in [0.25, 0.3) is 0 Å². The van der Waals surface area contributed by atoms with Crippen LogP contribution >= 0.6 is 0 Å². The second-order valence-electron chi connectivity index (χ2n) is 7.42. The number of rotatable bonds is 4. The molecule has 0 bridgehead atoms. The number of carbonyl (C=O) groups excluding carboxylic acids is 1. The van der Waals surface area contributed by atoms with E-state index in [4.69, 9.17) is 4.74 Å². The molecule has 1 aromatic carbocycles. The lowest BCUT2D eigenvalue weighted by molar-refractivity contribution is -0.132. The predicted molar refractivity (Wildman–Crippen MR) is 102 cm³/mol. The molecule has 0 spiro atoms. The Balaban J connectivity index is 1.38. The Morgan fingerprint density at radius 3 is 3.04 bits per heavy atom. The van der Waals surface area contributed by atoms with Crippen molar-refractivity contribution < 1.29 is 9.53 Å². The Bertz CT molecular complexity index is 891. The Morgan fingerprint density at radius 2 is 2.19 bits per heavy atom. The topological polar surface area (TPSA) is 69.5 Å². The molecule has 2 atom stereocenters. The minimum atomic E-state index is -0.253. The van der Waals surface area contributed by atoms with Gasteiger partial charge in [-0.3, -0.25) is 9.69 Å². The van der Waals surface area contributed by atoms with Gasteiger partial charge >= 0.3 is 0 Å². The first-order valence-corrected chi connectivity index (χ1v) is 9.58. The van der Waals surface area contributed by atoms with Crippen LogP contribution in [0.25, 0.3) is 10.9 Å². The molecule has 0 N–H and O–H groups in total. The third-order valence-corrected chi connectivity index (χ3v) is 5.43. The molecule has 1 aromatic heterocycles. The lowest BCUT2D eigenvalue weighted by Crippen LogP contribution is -2.42. The first-order valence-electron chi connectivity index (χ1n) is 9.58. The van der Waals surface area contributed by atoms with Crippen LogP contribution in [-0.2, 0) is 4.79 Å². The first-order chi connectivity index (χ1) is 13.1. The Morgan fingerprint density at radius 1 is 1.30 bits per heavy atom. The van der Waals surface area contributed by atoms with Crippen LogP contribution < -0.4 is 4.74 Å². The second kappa shape index (κ2) is 7.53. The summed E-state index contributed by atoms with van der Waals surface area (Å²) in [6.45, 7) is 4.60. The minimum absolute atomic E-state index is 0.0519. The molecule has 0 unspecified atom stereocenters. The smallest absolute Gasteiger partial charge is 0.237 e. The van der Waals surface area contributed by atoms with Gasteiger partial charge in [0, 0.05) is 30.7 Å². The number of carbonyl (C=O) groups is 1. The van der Waals surface area contributed by atoms with E-state index in [0.717, 1.165) is 54.7 Å². The molecule has 2 aliphatic heterocycles. The molecule has 0 radical (unpaired) electrons. The molecular weight excluding hydrogens is 340 g/mol. The molecule has 2 aromatic rings. The molecule has 6 heteroatoms. The fourth-order valence-electron chi connectivity index (χ4n) is 4.01. The SMILES string of the molecule is Cc1ccc2cccc(O[C@H]3CCN(CC(=O)N4CCC[C@H]4C#N)C3)c2n1. The average Bonchev–Trinajstić information content (AvgIpc) is 3.31. The summed E-state index contributed by atoms with van der Waals surface area (Å²) in [5, 5.41) is 10.2. The maximum absolute atomic E-state index is 12.5. The van der Waals surface area contributed by atoms with E-state index in [1.54, 1.807) is 4.90 Å². The zero-order chi connectivity index (χ0) is 18.8. The summed E-state index contributed by atoms with van der Waals surface area (Å²) in [5.74, 6) is 0.862. The molecule has 0 aliphatic carbocycles. The third kappa shape index (κ3) is 3.74. The fraction of sp³-hybridized carbons (Fsp3) is 0.476. The summed E-state index contributed by atoms with van der Waals surface area (Å²) in [5.41, 5.74) is 1.86. The Labute approximate surface area is 159 Å². The number of nitriles is 1. The molecule has 6 nitrogen and oxygen atoms in total. The number of nitrogens with zero attached hydrogens (tertiary/aromatic N) is 4. The number of pyridine rings is 1. The van der Waals surface area contributed by atoms with E-state index >= 15 is 0 Å². The largest absolute Gasteiger partial charge is 0.487 e. The van der Waals surface area contributed by atoms with Crippen LogP contribution in [0.3, 0.4) is 0 Å². The number of benzene rings is 1. The summed E-state index contributed by atoms with van der Waals surface area (Å²) >= 11 is 0. The van der Waals surface area contributed by atoms with Crippen molar-refractivity contribution in [1.82, 2.24) is 14.8 Å². The summed E-state index contributed by atoms with van der Waals surface area (Å²) in [4.78, 5) is 21.0. The summed E-state index contributed by atoms with van der Waals surface area (Å²) < 4.78 is 6.24. The van der Waals surface area contributed by atoms with Crippen LogP contribution in [0, 0.1) is 18.3 Å². The average molecular weight is 364 g/mol. The van der Waals surface area contributed by atoms with Gasteiger partial charge in [0.05, 0.1) is 12.6 Å². The molecule has 27 heavy (non-hydrogen) atoms. The van der Waals surface area contributed by atoms with Gasteiger partial charge in [0.15, 0.2) is 0 Å². The summed E-state index contributed by atoms with van der Waals surface area (Å²) in [6, 6.07) is 12.0. The van der Waals surface area contributed by atoms with Gasteiger partial charge in [0.2, 0.25) is 5.91 Å². The van der Waals surface area contributed by atoms with Crippen molar-refractivity contribution in [3.63, 3.8) is 0 Å². The zero-order valence-electron chi connectivity index (χ0n) is 15.6. The van der Waals surface area contributed by atoms with E-state index in [2.05, 4.69) is 22.0 Å². The van der Waals surface area contributed by atoms with Crippen LogP contribution in [0.2, 0.25) is 0 Å². The van der Waals surface area contributed by atoms with E-state index in [9.17, 15) is 10.1 Å². The van der Waals surface area contributed by atoms with Crippen molar-refractivity contribution in [3.8, 4) is 11.8 Å². The van der Waals surface area contributed by atoms with Gasteiger partial charge in [-0.05, 0) is 38.3 Å². The molecule has 140 valence electrons. The van der Waals surface area contributed by atoms with Crippen molar-refractivity contribution in [2.45, 2.75) is 38.3 Å². The van der Waals surface area contributed by atoms with Gasteiger partial charge < -0.3 is 9.64 Å².